The number of carboxylic acids is 1. The van der Waals surface area contributed by atoms with E-state index in [1.807, 2.05) is 42.5 Å². The molecular formula is C27H29NO5. The van der Waals surface area contributed by atoms with E-state index >= 15 is 0 Å². The first kappa shape index (κ1) is 22.8. The molecule has 0 saturated heterocycles. The molecule has 3 aromatic rings. The molecule has 0 radical (unpaired) electrons. The average Bonchev–Trinajstić information content (AvgIpc) is 3.33. The molecule has 0 aliphatic heterocycles. The fraction of sp³-hybridized carbons (Fsp3) is 0.333. The molecule has 1 aliphatic carbocycles. The average molecular weight is 448 g/mol. The lowest BCUT2D eigenvalue weighted by Gasteiger charge is -2.19. The first-order valence-electron chi connectivity index (χ1n) is 11.4. The first-order valence-corrected chi connectivity index (χ1v) is 11.4. The van der Waals surface area contributed by atoms with Gasteiger partial charge in [0.25, 0.3) is 0 Å². The van der Waals surface area contributed by atoms with Crippen molar-refractivity contribution in [3.63, 3.8) is 0 Å². The molecular weight excluding hydrogens is 418 g/mol. The maximum atomic E-state index is 11.6. The summed E-state index contributed by atoms with van der Waals surface area (Å²) < 4.78 is 6.36. The van der Waals surface area contributed by atoms with Gasteiger partial charge in [-0.1, -0.05) is 49.2 Å². The minimum atomic E-state index is -0.834. The normalized spacial score (nSPS) is 13.9. The molecule has 0 unspecified atom stereocenters. The summed E-state index contributed by atoms with van der Waals surface area (Å²) in [4.78, 5) is 22.8. The topological polar surface area (TPSA) is 87.1 Å². The Morgan fingerprint density at radius 2 is 1.79 bits per heavy atom. The molecule has 1 amide bonds. The minimum absolute atomic E-state index is 0.0434. The quantitative estimate of drug-likeness (QED) is 0.335. The van der Waals surface area contributed by atoms with E-state index in [1.165, 1.54) is 32.6 Å². The number of hydroxylamine groups is 1. The summed E-state index contributed by atoms with van der Waals surface area (Å²) in [5, 5.41) is 21.7. The molecule has 6 nitrogen and oxygen atoms in total. The minimum Gasteiger partial charge on any atom is -0.492 e. The van der Waals surface area contributed by atoms with E-state index in [2.05, 4.69) is 0 Å². The maximum absolute atomic E-state index is 11.6. The molecule has 1 fully saturated rings. The lowest BCUT2D eigenvalue weighted by molar-refractivity contribution is -0.137. The van der Waals surface area contributed by atoms with Gasteiger partial charge in [0.1, 0.15) is 5.75 Å². The molecule has 1 aliphatic rings. The van der Waals surface area contributed by atoms with Crippen molar-refractivity contribution >= 4 is 28.3 Å². The predicted molar refractivity (Wildman–Crippen MR) is 128 cm³/mol. The zero-order valence-electron chi connectivity index (χ0n) is 18.8. The van der Waals surface area contributed by atoms with Crippen LogP contribution in [0.5, 0.6) is 5.75 Å². The van der Waals surface area contributed by atoms with Crippen LogP contribution in [0.3, 0.4) is 0 Å². The number of benzene rings is 3. The number of fused-ring (bicyclic) bond motifs is 1. The molecule has 1 saturated carbocycles. The van der Waals surface area contributed by atoms with Crippen LogP contribution in [0.2, 0.25) is 0 Å². The number of anilines is 1. The molecule has 0 atom stereocenters. The third kappa shape index (κ3) is 5.34. The number of aliphatic carboxylic acids is 1. The third-order valence-corrected chi connectivity index (χ3v) is 6.32. The van der Waals surface area contributed by atoms with Gasteiger partial charge in [-0.2, -0.15) is 5.06 Å². The number of nitrogens with zero attached hydrogens (tertiary/aromatic N) is 1. The van der Waals surface area contributed by atoms with Crippen molar-refractivity contribution < 1.29 is 24.6 Å². The highest BCUT2D eigenvalue weighted by Crippen LogP contribution is 2.37. The summed E-state index contributed by atoms with van der Waals surface area (Å²) in [7, 11) is 0. The number of hydrogen-bond acceptors (Lipinski definition) is 4. The van der Waals surface area contributed by atoms with Crippen molar-refractivity contribution in [2.24, 2.45) is 5.92 Å². The van der Waals surface area contributed by atoms with E-state index < -0.39 is 11.9 Å². The van der Waals surface area contributed by atoms with Gasteiger partial charge in [0.2, 0.25) is 5.91 Å². The highest BCUT2D eigenvalue weighted by molar-refractivity contribution is 5.95. The number of rotatable bonds is 8. The summed E-state index contributed by atoms with van der Waals surface area (Å²) in [5.74, 6) is -0.0148. The van der Waals surface area contributed by atoms with Crippen LogP contribution in [0, 0.1) is 5.92 Å². The van der Waals surface area contributed by atoms with Gasteiger partial charge < -0.3 is 9.84 Å². The molecule has 172 valence electrons. The zero-order chi connectivity index (χ0) is 23.4. The number of para-hydroxylation sites is 1. The zero-order valence-corrected chi connectivity index (χ0v) is 18.8. The van der Waals surface area contributed by atoms with Crippen molar-refractivity contribution in [3.8, 4) is 16.9 Å². The summed E-state index contributed by atoms with van der Waals surface area (Å²) in [5.41, 5.74) is 3.14. The predicted octanol–water partition coefficient (Wildman–Crippen LogP) is 5.84. The Bertz CT molecular complexity index is 1170. The smallest absolute Gasteiger partial charge is 0.303 e. The summed E-state index contributed by atoms with van der Waals surface area (Å²) >= 11 is 0. The van der Waals surface area contributed by atoms with Gasteiger partial charge in [-0.25, -0.2) is 0 Å². The number of carboxylic acid groups (broad SMARTS) is 1. The van der Waals surface area contributed by atoms with Gasteiger partial charge in [0.15, 0.2) is 0 Å². The number of carbonyl (C=O) groups excluding carboxylic acids is 1. The Morgan fingerprint density at radius 1 is 1.03 bits per heavy atom. The van der Waals surface area contributed by atoms with E-state index in [0.717, 1.165) is 33.2 Å². The maximum Gasteiger partial charge on any atom is 0.303 e. The molecule has 0 aromatic heterocycles. The molecule has 0 bridgehead atoms. The van der Waals surface area contributed by atoms with Gasteiger partial charge in [-0.15, -0.1) is 0 Å². The van der Waals surface area contributed by atoms with Crippen LogP contribution in [0.1, 0.15) is 44.6 Å². The molecule has 33 heavy (non-hydrogen) atoms. The fourth-order valence-electron chi connectivity index (χ4n) is 4.51. The summed E-state index contributed by atoms with van der Waals surface area (Å²) in [6.07, 6.45) is 5.24. The number of amides is 1. The Morgan fingerprint density at radius 3 is 2.52 bits per heavy atom. The van der Waals surface area contributed by atoms with Crippen molar-refractivity contribution in [1.29, 1.82) is 0 Å². The fourth-order valence-corrected chi connectivity index (χ4v) is 4.51. The van der Waals surface area contributed by atoms with Crippen molar-refractivity contribution in [1.82, 2.24) is 0 Å². The van der Waals surface area contributed by atoms with Crippen LogP contribution in [-0.4, -0.2) is 28.8 Å². The second kappa shape index (κ2) is 10.0. The van der Waals surface area contributed by atoms with Crippen LogP contribution < -0.4 is 9.80 Å². The number of aryl methyl sites for hydroxylation is 1. The van der Waals surface area contributed by atoms with Crippen LogP contribution >= 0.6 is 0 Å². The molecule has 0 heterocycles. The second-order valence-electron chi connectivity index (χ2n) is 8.73. The number of hydrogen-bond donors (Lipinski definition) is 2. The van der Waals surface area contributed by atoms with Gasteiger partial charge >= 0.3 is 5.97 Å². The first-order chi connectivity index (χ1) is 15.9. The molecule has 2 N–H and O–H groups in total. The van der Waals surface area contributed by atoms with E-state index in [-0.39, 0.29) is 6.42 Å². The number of carbonyl (C=O) groups is 2. The molecule has 3 aromatic carbocycles. The van der Waals surface area contributed by atoms with Crippen LogP contribution in [0.25, 0.3) is 21.9 Å². The van der Waals surface area contributed by atoms with E-state index in [1.54, 1.807) is 12.1 Å². The van der Waals surface area contributed by atoms with Gasteiger partial charge in [-0.05, 0) is 65.3 Å². The lowest BCUT2D eigenvalue weighted by Crippen LogP contribution is -2.23. The van der Waals surface area contributed by atoms with E-state index in [0.29, 0.717) is 29.7 Å². The summed E-state index contributed by atoms with van der Waals surface area (Å²) in [6.45, 7) is 1.93. The monoisotopic (exact) mass is 447 g/mol. The Balaban J connectivity index is 1.72. The SMILES string of the molecule is CC(=O)N(O)c1ccc2ccc(-c3cccc(CCC(=O)O)c3OCC3CCCC3)cc2c1. The van der Waals surface area contributed by atoms with Crippen LogP contribution in [0.15, 0.2) is 54.6 Å². The van der Waals surface area contributed by atoms with Gasteiger partial charge in [0.05, 0.1) is 12.3 Å². The van der Waals surface area contributed by atoms with Crippen molar-refractivity contribution in [3.05, 3.63) is 60.2 Å². The molecule has 0 spiro atoms. The van der Waals surface area contributed by atoms with Gasteiger partial charge in [-0.3, -0.25) is 14.8 Å². The molecule has 6 heteroatoms. The lowest BCUT2D eigenvalue weighted by atomic mass is 9.96. The van der Waals surface area contributed by atoms with Gasteiger partial charge in [0, 0.05) is 18.9 Å². The Labute approximate surface area is 193 Å². The third-order valence-electron chi connectivity index (χ3n) is 6.32. The van der Waals surface area contributed by atoms with Crippen molar-refractivity contribution in [2.45, 2.75) is 45.4 Å². The summed E-state index contributed by atoms with van der Waals surface area (Å²) in [6, 6.07) is 17.2. The second-order valence-corrected chi connectivity index (χ2v) is 8.73. The molecule has 4 rings (SSSR count). The number of ether oxygens (including phenoxy) is 1. The Kier molecular flexibility index (Phi) is 6.94. The van der Waals surface area contributed by atoms with E-state index in [9.17, 15) is 19.9 Å². The van der Waals surface area contributed by atoms with Crippen LogP contribution in [-0.2, 0) is 16.0 Å². The van der Waals surface area contributed by atoms with E-state index in [4.69, 9.17) is 4.74 Å². The van der Waals surface area contributed by atoms with Crippen LogP contribution in [0.4, 0.5) is 5.69 Å². The highest BCUT2D eigenvalue weighted by atomic mass is 16.5. The Hall–Kier alpha value is -3.38. The highest BCUT2D eigenvalue weighted by Gasteiger charge is 2.19. The van der Waals surface area contributed by atoms with Crippen molar-refractivity contribution in [2.75, 3.05) is 11.7 Å². The largest absolute Gasteiger partial charge is 0.492 e. The standard InChI is InChI=1S/C27H29NO5/c1-18(29)28(32)24-13-11-20-9-10-22(15-23(20)16-24)25-8-4-7-21(12-14-26(30)31)27(25)33-17-19-5-2-3-6-19/h4,7-11,13,15-16,19,32H,2-3,5-6,12,14,17H2,1H3,(H,30,31).